The molecule has 0 spiro atoms. The van der Waals surface area contributed by atoms with Gasteiger partial charge in [-0.15, -0.1) is 0 Å². The molecule has 2 aromatic carbocycles. The predicted molar refractivity (Wildman–Crippen MR) is 102 cm³/mol. The molecule has 0 unspecified atom stereocenters. The van der Waals surface area contributed by atoms with Crippen LogP contribution in [0.25, 0.3) is 0 Å². The van der Waals surface area contributed by atoms with Crippen molar-refractivity contribution in [3.05, 3.63) is 59.2 Å². The fourth-order valence-electron chi connectivity index (χ4n) is 2.49. The number of Topliss-reactive ketones (excluding diaryl/α,β-unsaturated/α-hetero) is 1. The molecule has 0 saturated carbocycles. The van der Waals surface area contributed by atoms with Crippen molar-refractivity contribution in [1.29, 1.82) is 0 Å². The molecule has 0 aromatic heterocycles. The molecule has 0 radical (unpaired) electrons. The highest BCUT2D eigenvalue weighted by atomic mass is 16.6. The summed E-state index contributed by atoms with van der Waals surface area (Å²) in [5.74, 6) is -0.666. The number of para-hydroxylation sites is 1. The summed E-state index contributed by atoms with van der Waals surface area (Å²) < 4.78 is 10.2. The number of hydrogen-bond donors (Lipinski definition) is 1. The average Bonchev–Trinajstić information content (AvgIpc) is 2.66. The number of nitrogens with one attached hydrogen (secondary N) is 1. The maximum absolute atomic E-state index is 12.1. The van der Waals surface area contributed by atoms with Gasteiger partial charge in [0.05, 0.1) is 0 Å². The van der Waals surface area contributed by atoms with Crippen molar-refractivity contribution >= 4 is 23.3 Å². The van der Waals surface area contributed by atoms with Gasteiger partial charge in [-0.2, -0.15) is 0 Å². The number of esters is 1. The van der Waals surface area contributed by atoms with E-state index < -0.39 is 11.9 Å². The molecular weight excluding hydrogens is 346 g/mol. The lowest BCUT2D eigenvalue weighted by atomic mass is 10.1. The summed E-state index contributed by atoms with van der Waals surface area (Å²) in [6, 6.07) is 12.2. The van der Waals surface area contributed by atoms with Crippen LogP contribution >= 0.6 is 0 Å². The van der Waals surface area contributed by atoms with Crippen LogP contribution in [0.5, 0.6) is 5.75 Å². The highest BCUT2D eigenvalue weighted by molar-refractivity contribution is 5.94. The molecule has 0 aliphatic heterocycles. The SMILES string of the molecule is CCc1cccc(C)c1NC(=O)COC(=O)COc1ccc(C(C)=O)cc1. The number of amides is 1. The van der Waals surface area contributed by atoms with E-state index in [-0.39, 0.29) is 19.0 Å². The van der Waals surface area contributed by atoms with Gasteiger partial charge in [0.2, 0.25) is 0 Å². The molecular formula is C21H23NO5. The Bertz CT molecular complexity index is 827. The molecule has 6 heteroatoms. The molecule has 2 rings (SSSR count). The van der Waals surface area contributed by atoms with E-state index in [0.717, 1.165) is 23.2 Å². The molecule has 1 amide bonds. The molecule has 0 aliphatic carbocycles. The average molecular weight is 369 g/mol. The van der Waals surface area contributed by atoms with E-state index in [1.54, 1.807) is 24.3 Å². The first-order valence-electron chi connectivity index (χ1n) is 8.68. The smallest absolute Gasteiger partial charge is 0.344 e. The first-order valence-corrected chi connectivity index (χ1v) is 8.68. The van der Waals surface area contributed by atoms with Crippen LogP contribution in [0.2, 0.25) is 0 Å². The van der Waals surface area contributed by atoms with Crippen molar-refractivity contribution < 1.29 is 23.9 Å². The van der Waals surface area contributed by atoms with Gasteiger partial charge in [0.15, 0.2) is 19.0 Å². The normalized spacial score (nSPS) is 10.2. The van der Waals surface area contributed by atoms with E-state index in [2.05, 4.69) is 5.32 Å². The van der Waals surface area contributed by atoms with Crippen LogP contribution < -0.4 is 10.1 Å². The second kappa shape index (κ2) is 9.52. The summed E-state index contributed by atoms with van der Waals surface area (Å²) in [5.41, 5.74) is 3.28. The Kier molecular flexibility index (Phi) is 7.11. The van der Waals surface area contributed by atoms with Crippen molar-refractivity contribution in [1.82, 2.24) is 0 Å². The third-order valence-electron chi connectivity index (χ3n) is 3.99. The Morgan fingerprint density at radius 3 is 2.33 bits per heavy atom. The van der Waals surface area contributed by atoms with Gasteiger partial charge in [-0.05, 0) is 55.7 Å². The third-order valence-corrected chi connectivity index (χ3v) is 3.99. The van der Waals surface area contributed by atoms with E-state index >= 15 is 0 Å². The lowest BCUT2D eigenvalue weighted by Gasteiger charge is -2.13. The van der Waals surface area contributed by atoms with Gasteiger partial charge in [0.1, 0.15) is 5.75 Å². The third kappa shape index (κ3) is 5.95. The minimum Gasteiger partial charge on any atom is -0.482 e. The zero-order chi connectivity index (χ0) is 19.8. The summed E-state index contributed by atoms with van der Waals surface area (Å²) in [7, 11) is 0. The van der Waals surface area contributed by atoms with Crippen molar-refractivity contribution in [2.24, 2.45) is 0 Å². The quantitative estimate of drug-likeness (QED) is 0.570. The second-order valence-electron chi connectivity index (χ2n) is 6.04. The molecule has 0 atom stereocenters. The van der Waals surface area contributed by atoms with Crippen LogP contribution in [0, 0.1) is 6.92 Å². The van der Waals surface area contributed by atoms with E-state index in [1.165, 1.54) is 6.92 Å². The predicted octanol–water partition coefficient (Wildman–Crippen LogP) is 3.32. The molecule has 0 saturated heterocycles. The minimum atomic E-state index is -0.652. The summed E-state index contributed by atoms with van der Waals surface area (Å²) >= 11 is 0. The van der Waals surface area contributed by atoms with Crippen molar-refractivity contribution in [2.75, 3.05) is 18.5 Å². The highest BCUT2D eigenvalue weighted by Gasteiger charge is 2.12. The highest BCUT2D eigenvalue weighted by Crippen LogP contribution is 2.20. The molecule has 27 heavy (non-hydrogen) atoms. The number of hydrogen-bond acceptors (Lipinski definition) is 5. The zero-order valence-corrected chi connectivity index (χ0v) is 15.7. The zero-order valence-electron chi connectivity index (χ0n) is 15.7. The number of carbonyl (C=O) groups excluding carboxylic acids is 3. The van der Waals surface area contributed by atoms with Crippen LogP contribution in [-0.4, -0.2) is 30.9 Å². The van der Waals surface area contributed by atoms with Crippen molar-refractivity contribution in [3.63, 3.8) is 0 Å². The summed E-state index contributed by atoms with van der Waals surface area (Å²) in [6.45, 7) is 4.68. The van der Waals surface area contributed by atoms with Gasteiger partial charge in [0, 0.05) is 11.3 Å². The van der Waals surface area contributed by atoms with Gasteiger partial charge in [-0.25, -0.2) is 4.79 Å². The van der Waals surface area contributed by atoms with Crippen LogP contribution in [0.3, 0.4) is 0 Å². The van der Waals surface area contributed by atoms with Gasteiger partial charge >= 0.3 is 5.97 Å². The topological polar surface area (TPSA) is 81.7 Å². The number of aryl methyl sites for hydroxylation is 2. The summed E-state index contributed by atoms with van der Waals surface area (Å²) in [5, 5.41) is 2.79. The number of ether oxygens (including phenoxy) is 2. The largest absolute Gasteiger partial charge is 0.482 e. The first-order chi connectivity index (χ1) is 12.9. The minimum absolute atomic E-state index is 0.0492. The first kappa shape index (κ1) is 20.2. The molecule has 0 aliphatic rings. The lowest BCUT2D eigenvalue weighted by molar-refractivity contribution is -0.149. The second-order valence-corrected chi connectivity index (χ2v) is 6.04. The van der Waals surface area contributed by atoms with Crippen LogP contribution in [0.15, 0.2) is 42.5 Å². The van der Waals surface area contributed by atoms with Gasteiger partial charge in [0.25, 0.3) is 5.91 Å². The van der Waals surface area contributed by atoms with Gasteiger partial charge < -0.3 is 14.8 Å². The molecule has 142 valence electrons. The van der Waals surface area contributed by atoms with Gasteiger partial charge in [-0.1, -0.05) is 25.1 Å². The van der Waals surface area contributed by atoms with Crippen molar-refractivity contribution in [3.8, 4) is 5.75 Å². The Morgan fingerprint density at radius 1 is 1.00 bits per heavy atom. The van der Waals surface area contributed by atoms with Crippen molar-refractivity contribution in [2.45, 2.75) is 27.2 Å². The van der Waals surface area contributed by atoms with Crippen LogP contribution in [0.4, 0.5) is 5.69 Å². The Balaban J connectivity index is 1.80. The number of benzene rings is 2. The van der Waals surface area contributed by atoms with E-state index in [1.807, 2.05) is 32.0 Å². The standard InChI is InChI=1S/C21H23NO5/c1-4-16-7-5-6-14(2)21(16)22-19(24)12-27-20(25)13-26-18-10-8-17(9-11-18)15(3)23/h5-11H,4,12-13H2,1-3H3,(H,22,24). The Morgan fingerprint density at radius 2 is 1.70 bits per heavy atom. The maximum atomic E-state index is 12.1. The Labute approximate surface area is 158 Å². The molecule has 0 bridgehead atoms. The van der Waals surface area contributed by atoms with Crippen LogP contribution in [-0.2, 0) is 20.7 Å². The van der Waals surface area contributed by atoms with Gasteiger partial charge in [-0.3, -0.25) is 9.59 Å². The summed E-state index contributed by atoms with van der Waals surface area (Å²) in [4.78, 5) is 35.0. The monoisotopic (exact) mass is 369 g/mol. The molecule has 6 nitrogen and oxygen atoms in total. The molecule has 0 heterocycles. The van der Waals surface area contributed by atoms with Crippen LogP contribution in [0.1, 0.15) is 35.3 Å². The Hall–Kier alpha value is -3.15. The number of carbonyl (C=O) groups is 3. The fourth-order valence-corrected chi connectivity index (χ4v) is 2.49. The lowest BCUT2D eigenvalue weighted by Crippen LogP contribution is -2.24. The van der Waals surface area contributed by atoms with E-state index in [0.29, 0.717) is 11.3 Å². The van der Waals surface area contributed by atoms with E-state index in [9.17, 15) is 14.4 Å². The summed E-state index contributed by atoms with van der Waals surface area (Å²) in [6.07, 6.45) is 0.785. The maximum Gasteiger partial charge on any atom is 0.344 e. The number of rotatable bonds is 8. The fraction of sp³-hybridized carbons (Fsp3) is 0.286. The molecule has 1 N–H and O–H groups in total. The molecule has 2 aromatic rings. The number of anilines is 1. The molecule has 0 fully saturated rings. The van der Waals surface area contributed by atoms with E-state index in [4.69, 9.17) is 9.47 Å². The number of ketones is 1.